The van der Waals surface area contributed by atoms with Crippen LogP contribution < -0.4 is 10.2 Å². The summed E-state index contributed by atoms with van der Waals surface area (Å²) in [4.78, 5) is 17.6. The van der Waals surface area contributed by atoms with Gasteiger partial charge in [0.25, 0.3) is 0 Å². The highest BCUT2D eigenvalue weighted by molar-refractivity contribution is 5.93. The van der Waals surface area contributed by atoms with Gasteiger partial charge in [-0.3, -0.25) is 4.98 Å². The van der Waals surface area contributed by atoms with E-state index in [4.69, 9.17) is 0 Å². The number of para-hydroxylation sites is 1. The Kier molecular flexibility index (Phi) is 3.05. The Morgan fingerprint density at radius 1 is 1.37 bits per heavy atom. The van der Waals surface area contributed by atoms with E-state index in [0.29, 0.717) is 13.1 Å². The molecule has 5 nitrogen and oxygen atoms in total. The lowest BCUT2D eigenvalue weighted by atomic mass is 10.1. The SMILES string of the molecule is O=C(O)C1CNCCN1c1ccnc2ccccc12. The molecule has 0 bridgehead atoms. The summed E-state index contributed by atoms with van der Waals surface area (Å²) in [6.45, 7) is 1.94. The largest absolute Gasteiger partial charge is 0.480 e. The van der Waals surface area contributed by atoms with Gasteiger partial charge in [-0.1, -0.05) is 18.2 Å². The van der Waals surface area contributed by atoms with Gasteiger partial charge >= 0.3 is 5.97 Å². The fourth-order valence-corrected chi connectivity index (χ4v) is 2.54. The van der Waals surface area contributed by atoms with Crippen LogP contribution in [-0.2, 0) is 4.79 Å². The fraction of sp³-hybridized carbons (Fsp3) is 0.286. The highest BCUT2D eigenvalue weighted by Crippen LogP contribution is 2.27. The summed E-state index contributed by atoms with van der Waals surface area (Å²) >= 11 is 0. The minimum absolute atomic E-state index is 0.464. The van der Waals surface area contributed by atoms with Gasteiger partial charge in [-0.2, -0.15) is 0 Å². The van der Waals surface area contributed by atoms with Crippen LogP contribution >= 0.6 is 0 Å². The van der Waals surface area contributed by atoms with Crippen molar-refractivity contribution >= 4 is 22.6 Å². The zero-order valence-electron chi connectivity index (χ0n) is 10.4. The average molecular weight is 257 g/mol. The molecule has 1 aromatic heterocycles. The van der Waals surface area contributed by atoms with Crippen molar-refractivity contribution in [3.8, 4) is 0 Å². The summed E-state index contributed by atoms with van der Waals surface area (Å²) in [6.07, 6.45) is 1.73. The molecule has 2 N–H and O–H groups in total. The highest BCUT2D eigenvalue weighted by Gasteiger charge is 2.29. The predicted molar refractivity (Wildman–Crippen MR) is 73.4 cm³/mol. The number of hydrogen-bond acceptors (Lipinski definition) is 4. The quantitative estimate of drug-likeness (QED) is 0.843. The van der Waals surface area contributed by atoms with Crippen LogP contribution in [0.5, 0.6) is 0 Å². The third kappa shape index (κ3) is 2.13. The molecule has 0 spiro atoms. The predicted octanol–water partition coefficient (Wildman–Crippen LogP) is 1.10. The van der Waals surface area contributed by atoms with Crippen LogP contribution in [0.4, 0.5) is 5.69 Å². The summed E-state index contributed by atoms with van der Waals surface area (Å²) in [5, 5.41) is 13.5. The van der Waals surface area contributed by atoms with Crippen molar-refractivity contribution in [3.05, 3.63) is 36.5 Å². The van der Waals surface area contributed by atoms with E-state index in [2.05, 4.69) is 10.3 Å². The van der Waals surface area contributed by atoms with Gasteiger partial charge in [-0.05, 0) is 12.1 Å². The zero-order chi connectivity index (χ0) is 13.2. The molecule has 5 heteroatoms. The van der Waals surface area contributed by atoms with Crippen LogP contribution in [-0.4, -0.2) is 41.7 Å². The van der Waals surface area contributed by atoms with E-state index in [1.54, 1.807) is 6.20 Å². The zero-order valence-corrected chi connectivity index (χ0v) is 10.4. The smallest absolute Gasteiger partial charge is 0.327 e. The number of hydrogen-bond donors (Lipinski definition) is 2. The number of benzene rings is 1. The molecule has 98 valence electrons. The molecular formula is C14H15N3O2. The maximum absolute atomic E-state index is 11.4. The van der Waals surface area contributed by atoms with Gasteiger partial charge in [0.2, 0.25) is 0 Å². The average Bonchev–Trinajstić information content (AvgIpc) is 2.46. The van der Waals surface area contributed by atoms with Crippen molar-refractivity contribution in [2.24, 2.45) is 0 Å². The van der Waals surface area contributed by atoms with Crippen LogP contribution in [0.1, 0.15) is 0 Å². The number of carboxylic acid groups (broad SMARTS) is 1. The monoisotopic (exact) mass is 257 g/mol. The number of aliphatic carboxylic acids is 1. The molecule has 0 amide bonds. The number of fused-ring (bicyclic) bond motifs is 1. The molecule has 2 heterocycles. The second kappa shape index (κ2) is 4.85. The molecule has 19 heavy (non-hydrogen) atoms. The fourth-order valence-electron chi connectivity index (χ4n) is 2.54. The lowest BCUT2D eigenvalue weighted by molar-refractivity contribution is -0.138. The van der Waals surface area contributed by atoms with Crippen molar-refractivity contribution < 1.29 is 9.90 Å². The highest BCUT2D eigenvalue weighted by atomic mass is 16.4. The second-order valence-corrected chi connectivity index (χ2v) is 4.60. The number of carboxylic acids is 1. The maximum atomic E-state index is 11.4. The van der Waals surface area contributed by atoms with Crippen LogP contribution in [0, 0.1) is 0 Å². The second-order valence-electron chi connectivity index (χ2n) is 4.60. The van der Waals surface area contributed by atoms with Gasteiger partial charge in [0.1, 0.15) is 6.04 Å². The molecule has 1 saturated heterocycles. The van der Waals surface area contributed by atoms with Crippen LogP contribution in [0.3, 0.4) is 0 Å². The van der Waals surface area contributed by atoms with E-state index >= 15 is 0 Å². The number of rotatable bonds is 2. The van der Waals surface area contributed by atoms with E-state index in [9.17, 15) is 9.90 Å². The lowest BCUT2D eigenvalue weighted by Gasteiger charge is -2.35. The van der Waals surface area contributed by atoms with Crippen LogP contribution in [0.25, 0.3) is 10.9 Å². The summed E-state index contributed by atoms with van der Waals surface area (Å²) in [5.41, 5.74) is 1.84. The molecule has 0 aliphatic carbocycles. The molecule has 2 aromatic rings. The Morgan fingerprint density at radius 3 is 3.05 bits per heavy atom. The van der Waals surface area contributed by atoms with E-state index in [-0.39, 0.29) is 0 Å². The van der Waals surface area contributed by atoms with E-state index in [1.807, 2.05) is 35.2 Å². The van der Waals surface area contributed by atoms with Crippen molar-refractivity contribution in [2.45, 2.75) is 6.04 Å². The molecule has 0 saturated carbocycles. The Morgan fingerprint density at radius 2 is 2.21 bits per heavy atom. The summed E-state index contributed by atoms with van der Waals surface area (Å²) < 4.78 is 0. The van der Waals surface area contributed by atoms with Gasteiger partial charge in [0.05, 0.1) is 5.52 Å². The first kappa shape index (κ1) is 11.9. The number of anilines is 1. The first-order chi connectivity index (χ1) is 9.27. The van der Waals surface area contributed by atoms with E-state index in [1.165, 1.54) is 0 Å². The van der Waals surface area contributed by atoms with Crippen LogP contribution in [0.2, 0.25) is 0 Å². The van der Waals surface area contributed by atoms with Crippen molar-refractivity contribution in [1.82, 2.24) is 10.3 Å². The Hall–Kier alpha value is -2.14. The standard InChI is InChI=1S/C14H15N3O2/c18-14(19)13-9-15-7-8-17(13)12-5-6-16-11-4-2-1-3-10(11)12/h1-6,13,15H,7-9H2,(H,18,19). The Balaban J connectivity index is 2.09. The number of aromatic nitrogens is 1. The summed E-state index contributed by atoms with van der Waals surface area (Å²) in [7, 11) is 0. The van der Waals surface area contributed by atoms with Crippen molar-refractivity contribution in [1.29, 1.82) is 0 Å². The topological polar surface area (TPSA) is 65.5 Å². The molecular weight excluding hydrogens is 242 g/mol. The third-order valence-corrected chi connectivity index (χ3v) is 3.46. The van der Waals surface area contributed by atoms with Gasteiger partial charge < -0.3 is 15.3 Å². The molecule has 0 radical (unpaired) electrons. The molecule has 1 fully saturated rings. The number of nitrogens with zero attached hydrogens (tertiary/aromatic N) is 2. The lowest BCUT2D eigenvalue weighted by Crippen LogP contribution is -2.55. The number of piperazine rings is 1. The first-order valence-electron chi connectivity index (χ1n) is 6.31. The Bertz CT molecular complexity index is 609. The summed E-state index contributed by atoms with van der Waals surface area (Å²) in [6, 6.07) is 9.18. The molecule has 1 aliphatic heterocycles. The van der Waals surface area contributed by atoms with Crippen LogP contribution in [0.15, 0.2) is 36.5 Å². The van der Waals surface area contributed by atoms with Gasteiger partial charge in [0.15, 0.2) is 0 Å². The normalized spacial score (nSPS) is 19.6. The van der Waals surface area contributed by atoms with Gasteiger partial charge in [-0.25, -0.2) is 4.79 Å². The van der Waals surface area contributed by atoms with Gasteiger partial charge in [0, 0.05) is 36.9 Å². The summed E-state index contributed by atoms with van der Waals surface area (Å²) in [5.74, 6) is -0.798. The van der Waals surface area contributed by atoms with Gasteiger partial charge in [-0.15, -0.1) is 0 Å². The molecule has 1 aliphatic rings. The number of carbonyl (C=O) groups is 1. The molecule has 1 unspecified atom stereocenters. The maximum Gasteiger partial charge on any atom is 0.327 e. The first-order valence-corrected chi connectivity index (χ1v) is 6.31. The third-order valence-electron chi connectivity index (χ3n) is 3.46. The van der Waals surface area contributed by atoms with E-state index < -0.39 is 12.0 Å². The molecule has 1 atom stereocenters. The minimum Gasteiger partial charge on any atom is -0.480 e. The number of pyridine rings is 1. The Labute approximate surface area is 110 Å². The van der Waals surface area contributed by atoms with Crippen molar-refractivity contribution in [3.63, 3.8) is 0 Å². The molecule has 3 rings (SSSR count). The van der Waals surface area contributed by atoms with Crippen molar-refractivity contribution in [2.75, 3.05) is 24.5 Å². The molecule has 1 aromatic carbocycles. The number of nitrogens with one attached hydrogen (secondary N) is 1. The van der Waals surface area contributed by atoms with E-state index in [0.717, 1.165) is 23.1 Å². The minimum atomic E-state index is -0.798.